The maximum Gasteiger partial charge on any atom is 0.337 e. The lowest BCUT2D eigenvalue weighted by Gasteiger charge is -2.22. The van der Waals surface area contributed by atoms with Gasteiger partial charge >= 0.3 is 5.97 Å². The third kappa shape index (κ3) is 2.64. The van der Waals surface area contributed by atoms with Crippen molar-refractivity contribution < 1.29 is 19.1 Å². The molecule has 26 heavy (non-hydrogen) atoms. The molecule has 0 radical (unpaired) electrons. The lowest BCUT2D eigenvalue weighted by molar-refractivity contribution is -0.119. The lowest BCUT2D eigenvalue weighted by atomic mass is 10.1. The van der Waals surface area contributed by atoms with E-state index in [1.807, 2.05) is 18.2 Å². The normalized spacial score (nSPS) is 20.5. The molecule has 2 amide bonds. The molecule has 0 bridgehead atoms. The van der Waals surface area contributed by atoms with Crippen LogP contribution in [0.15, 0.2) is 48.5 Å². The first-order valence-corrected chi connectivity index (χ1v) is 9.17. The van der Waals surface area contributed by atoms with Crippen LogP contribution in [-0.2, 0) is 9.53 Å². The molecule has 7 heteroatoms. The van der Waals surface area contributed by atoms with Crippen LogP contribution in [-0.4, -0.2) is 41.6 Å². The molecule has 2 heterocycles. The van der Waals surface area contributed by atoms with Gasteiger partial charge in [-0.2, -0.15) is 0 Å². The SMILES string of the molecule is COC(=O)c1ccc(NC(=O)[C@@H]2CS[C@H]3c4ccccc4C(=O)N23)cc1. The molecule has 0 unspecified atom stereocenters. The maximum absolute atomic E-state index is 12.7. The summed E-state index contributed by atoms with van der Waals surface area (Å²) >= 11 is 1.60. The largest absolute Gasteiger partial charge is 0.465 e. The average molecular weight is 368 g/mol. The van der Waals surface area contributed by atoms with E-state index in [0.717, 1.165) is 5.56 Å². The van der Waals surface area contributed by atoms with E-state index >= 15 is 0 Å². The number of fused-ring (bicyclic) bond motifs is 3. The number of benzene rings is 2. The van der Waals surface area contributed by atoms with Gasteiger partial charge in [-0.25, -0.2) is 4.79 Å². The second-order valence-electron chi connectivity index (χ2n) is 6.06. The number of esters is 1. The summed E-state index contributed by atoms with van der Waals surface area (Å²) < 4.78 is 4.66. The van der Waals surface area contributed by atoms with Gasteiger partial charge in [0.1, 0.15) is 11.4 Å². The number of carbonyl (C=O) groups excluding carboxylic acids is 3. The summed E-state index contributed by atoms with van der Waals surface area (Å²) in [5.41, 5.74) is 2.62. The van der Waals surface area contributed by atoms with Gasteiger partial charge < -0.3 is 15.0 Å². The van der Waals surface area contributed by atoms with E-state index in [4.69, 9.17) is 0 Å². The Balaban J connectivity index is 1.50. The number of ether oxygens (including phenoxy) is 1. The molecule has 132 valence electrons. The Morgan fingerprint density at radius 3 is 2.62 bits per heavy atom. The number of nitrogens with zero attached hydrogens (tertiary/aromatic N) is 1. The molecule has 1 N–H and O–H groups in total. The van der Waals surface area contributed by atoms with Gasteiger partial charge in [-0.3, -0.25) is 9.59 Å². The maximum atomic E-state index is 12.7. The van der Waals surface area contributed by atoms with Gasteiger partial charge in [0, 0.05) is 17.0 Å². The predicted octanol–water partition coefficient (Wildman–Crippen LogP) is 2.68. The van der Waals surface area contributed by atoms with E-state index in [0.29, 0.717) is 22.6 Å². The highest BCUT2D eigenvalue weighted by atomic mass is 32.2. The summed E-state index contributed by atoms with van der Waals surface area (Å²) in [5.74, 6) is -0.210. The molecule has 0 spiro atoms. The first-order chi connectivity index (χ1) is 12.6. The fourth-order valence-corrected chi connectivity index (χ4v) is 4.74. The molecule has 0 aliphatic carbocycles. The number of hydrogen-bond acceptors (Lipinski definition) is 5. The molecule has 0 saturated carbocycles. The monoisotopic (exact) mass is 368 g/mol. The molecular formula is C19H16N2O4S. The van der Waals surface area contributed by atoms with Gasteiger partial charge in [0.2, 0.25) is 5.91 Å². The van der Waals surface area contributed by atoms with Crippen molar-refractivity contribution in [3.63, 3.8) is 0 Å². The van der Waals surface area contributed by atoms with Crippen LogP contribution in [0.4, 0.5) is 5.69 Å². The number of anilines is 1. The average Bonchev–Trinajstić information content (AvgIpc) is 3.22. The van der Waals surface area contributed by atoms with Crippen molar-refractivity contribution in [1.29, 1.82) is 0 Å². The van der Waals surface area contributed by atoms with Crippen LogP contribution in [0.5, 0.6) is 0 Å². The van der Waals surface area contributed by atoms with Gasteiger partial charge in [0.05, 0.1) is 12.7 Å². The van der Waals surface area contributed by atoms with Crippen molar-refractivity contribution in [3.05, 3.63) is 65.2 Å². The Hall–Kier alpha value is -2.80. The first kappa shape index (κ1) is 16.7. The molecule has 2 aliphatic rings. The minimum absolute atomic E-state index is 0.100. The van der Waals surface area contributed by atoms with Crippen LogP contribution in [0.1, 0.15) is 31.7 Å². The van der Waals surface area contributed by atoms with Crippen molar-refractivity contribution in [2.24, 2.45) is 0 Å². The summed E-state index contributed by atoms with van der Waals surface area (Å²) in [5, 5.41) is 2.73. The van der Waals surface area contributed by atoms with E-state index in [1.54, 1.807) is 47.0 Å². The highest BCUT2D eigenvalue weighted by molar-refractivity contribution is 7.99. The third-order valence-corrected chi connectivity index (χ3v) is 5.87. The van der Waals surface area contributed by atoms with Crippen LogP contribution in [0.25, 0.3) is 0 Å². The zero-order chi connectivity index (χ0) is 18.3. The topological polar surface area (TPSA) is 75.7 Å². The van der Waals surface area contributed by atoms with E-state index in [-0.39, 0.29) is 17.2 Å². The third-order valence-electron chi connectivity index (χ3n) is 4.57. The minimum Gasteiger partial charge on any atom is -0.465 e. The van der Waals surface area contributed by atoms with Crippen molar-refractivity contribution in [2.45, 2.75) is 11.4 Å². The lowest BCUT2D eigenvalue weighted by Crippen LogP contribution is -2.42. The molecule has 0 aromatic heterocycles. The smallest absolute Gasteiger partial charge is 0.337 e. The fraction of sp³-hybridized carbons (Fsp3) is 0.211. The summed E-state index contributed by atoms with van der Waals surface area (Å²) in [6.45, 7) is 0. The highest BCUT2D eigenvalue weighted by Gasteiger charge is 2.48. The van der Waals surface area contributed by atoms with Crippen LogP contribution < -0.4 is 5.32 Å². The van der Waals surface area contributed by atoms with Gasteiger partial charge in [-0.1, -0.05) is 18.2 Å². The number of thioether (sulfide) groups is 1. The van der Waals surface area contributed by atoms with Crippen molar-refractivity contribution in [1.82, 2.24) is 4.90 Å². The zero-order valence-corrected chi connectivity index (χ0v) is 14.8. The zero-order valence-electron chi connectivity index (χ0n) is 14.0. The highest BCUT2D eigenvalue weighted by Crippen LogP contribution is 2.48. The second kappa shape index (κ2) is 6.49. The van der Waals surface area contributed by atoms with E-state index < -0.39 is 12.0 Å². The summed E-state index contributed by atoms with van der Waals surface area (Å²) in [6.07, 6.45) is 0. The Morgan fingerprint density at radius 2 is 1.88 bits per heavy atom. The van der Waals surface area contributed by atoms with Gasteiger partial charge in [0.15, 0.2) is 0 Å². The molecule has 1 saturated heterocycles. The molecule has 2 atom stereocenters. The molecule has 2 aliphatic heterocycles. The fourth-order valence-electron chi connectivity index (χ4n) is 3.28. The summed E-state index contributed by atoms with van der Waals surface area (Å²) in [6, 6.07) is 13.4. The van der Waals surface area contributed by atoms with E-state index in [9.17, 15) is 14.4 Å². The van der Waals surface area contributed by atoms with Crippen molar-refractivity contribution in [3.8, 4) is 0 Å². The van der Waals surface area contributed by atoms with Crippen LogP contribution in [0, 0.1) is 0 Å². The predicted molar refractivity (Wildman–Crippen MR) is 98.0 cm³/mol. The number of hydrogen-bond donors (Lipinski definition) is 1. The van der Waals surface area contributed by atoms with E-state index in [1.165, 1.54) is 7.11 Å². The Kier molecular flexibility index (Phi) is 4.16. The standard InChI is InChI=1S/C19H16N2O4S/c1-25-19(24)11-6-8-12(9-7-11)20-16(22)15-10-26-18-14-5-3-2-4-13(14)17(23)21(15)18/h2-9,15,18H,10H2,1H3,(H,20,22)/t15-,18-/m0/s1. The summed E-state index contributed by atoms with van der Waals surface area (Å²) in [4.78, 5) is 38.5. The Morgan fingerprint density at radius 1 is 1.15 bits per heavy atom. The van der Waals surface area contributed by atoms with Gasteiger partial charge in [0.25, 0.3) is 5.91 Å². The minimum atomic E-state index is -0.523. The van der Waals surface area contributed by atoms with Crippen molar-refractivity contribution in [2.75, 3.05) is 18.2 Å². The first-order valence-electron chi connectivity index (χ1n) is 8.12. The van der Waals surface area contributed by atoms with Crippen LogP contribution in [0.2, 0.25) is 0 Å². The number of carbonyl (C=O) groups is 3. The Bertz CT molecular complexity index is 897. The molecule has 6 nitrogen and oxygen atoms in total. The molecule has 1 fully saturated rings. The molecule has 4 rings (SSSR count). The second-order valence-corrected chi connectivity index (χ2v) is 7.17. The van der Waals surface area contributed by atoms with Gasteiger partial charge in [-0.05, 0) is 35.9 Å². The molecule has 2 aromatic carbocycles. The number of nitrogens with one attached hydrogen (secondary N) is 1. The Labute approximate surface area is 154 Å². The number of amides is 2. The molecular weight excluding hydrogens is 352 g/mol. The number of rotatable bonds is 3. The number of methoxy groups -OCH3 is 1. The molecule has 2 aromatic rings. The van der Waals surface area contributed by atoms with Crippen LogP contribution in [0.3, 0.4) is 0 Å². The van der Waals surface area contributed by atoms with E-state index in [2.05, 4.69) is 10.1 Å². The van der Waals surface area contributed by atoms with Gasteiger partial charge in [-0.15, -0.1) is 11.8 Å². The van der Waals surface area contributed by atoms with Crippen LogP contribution >= 0.6 is 11.8 Å². The quantitative estimate of drug-likeness (QED) is 0.843. The summed E-state index contributed by atoms with van der Waals surface area (Å²) in [7, 11) is 1.32. The van der Waals surface area contributed by atoms with Crippen molar-refractivity contribution >= 4 is 35.2 Å².